The third-order valence-corrected chi connectivity index (χ3v) is 4.67. The zero-order valence-corrected chi connectivity index (χ0v) is 14.1. The normalized spacial score (nSPS) is 20.6. The van der Waals surface area contributed by atoms with Gasteiger partial charge < -0.3 is 0 Å². The van der Waals surface area contributed by atoms with Gasteiger partial charge >= 0.3 is 0 Å². The SMILES string of the molecule is CCC1(CC)C(=O)C(C)CN(N=Cc2ccc([N+](=O)[O-])cc2)C1=O. The summed E-state index contributed by atoms with van der Waals surface area (Å²) >= 11 is 0. The van der Waals surface area contributed by atoms with Crippen molar-refractivity contribution in [1.82, 2.24) is 5.01 Å². The summed E-state index contributed by atoms with van der Waals surface area (Å²) in [7, 11) is 0. The number of piperidine rings is 1. The van der Waals surface area contributed by atoms with Gasteiger partial charge in [0.2, 0.25) is 0 Å². The van der Waals surface area contributed by atoms with Crippen LogP contribution in [0, 0.1) is 21.4 Å². The Hall–Kier alpha value is -2.57. The summed E-state index contributed by atoms with van der Waals surface area (Å²) in [4.78, 5) is 35.4. The summed E-state index contributed by atoms with van der Waals surface area (Å²) in [5, 5.41) is 16.2. The number of benzene rings is 1. The summed E-state index contributed by atoms with van der Waals surface area (Å²) in [6.07, 6.45) is 2.39. The Kier molecular flexibility index (Phi) is 5.11. The molecule has 1 aliphatic heterocycles. The molecule has 1 saturated heterocycles. The molecular weight excluding hydrogens is 310 g/mol. The topological polar surface area (TPSA) is 92.9 Å². The standard InChI is InChI=1S/C17H21N3O4/c1-4-17(5-2)15(21)12(3)11-19(16(17)22)18-10-13-6-8-14(9-7-13)20(23)24/h6-10,12H,4-5,11H2,1-3H3. The van der Waals surface area contributed by atoms with E-state index in [9.17, 15) is 19.7 Å². The number of carbonyl (C=O) groups excluding carboxylic acids is 2. The van der Waals surface area contributed by atoms with Gasteiger partial charge in [0, 0.05) is 18.1 Å². The van der Waals surface area contributed by atoms with Crippen LogP contribution in [0.25, 0.3) is 0 Å². The highest BCUT2D eigenvalue weighted by Crippen LogP contribution is 2.37. The lowest BCUT2D eigenvalue weighted by molar-refractivity contribution is -0.384. The summed E-state index contributed by atoms with van der Waals surface area (Å²) in [5.74, 6) is -0.551. The Bertz CT molecular complexity index is 678. The first-order chi connectivity index (χ1) is 11.4. The van der Waals surface area contributed by atoms with E-state index in [4.69, 9.17) is 0 Å². The van der Waals surface area contributed by atoms with Crippen LogP contribution in [0.3, 0.4) is 0 Å². The van der Waals surface area contributed by atoms with Crippen LogP contribution in [-0.2, 0) is 9.59 Å². The first kappa shape index (κ1) is 17.8. The number of hydrazone groups is 1. The van der Waals surface area contributed by atoms with Crippen LogP contribution < -0.4 is 0 Å². The number of hydrogen-bond acceptors (Lipinski definition) is 5. The highest BCUT2D eigenvalue weighted by molar-refractivity contribution is 6.09. The van der Waals surface area contributed by atoms with E-state index in [2.05, 4.69) is 5.10 Å². The minimum absolute atomic E-state index is 0.00333. The molecule has 1 heterocycles. The quantitative estimate of drug-likeness (QED) is 0.359. The smallest absolute Gasteiger partial charge is 0.269 e. The van der Waals surface area contributed by atoms with E-state index in [1.165, 1.54) is 23.4 Å². The predicted molar refractivity (Wildman–Crippen MR) is 89.6 cm³/mol. The molecular formula is C17H21N3O4. The first-order valence-corrected chi connectivity index (χ1v) is 8.00. The molecule has 1 fully saturated rings. The lowest BCUT2D eigenvalue weighted by atomic mass is 9.71. The minimum Gasteiger partial charge on any atom is -0.298 e. The zero-order chi connectivity index (χ0) is 17.9. The lowest BCUT2D eigenvalue weighted by Gasteiger charge is -2.40. The molecule has 0 radical (unpaired) electrons. The van der Waals surface area contributed by atoms with Crippen molar-refractivity contribution < 1.29 is 14.5 Å². The van der Waals surface area contributed by atoms with E-state index in [0.29, 0.717) is 18.4 Å². The summed E-state index contributed by atoms with van der Waals surface area (Å²) in [6.45, 7) is 5.75. The van der Waals surface area contributed by atoms with Crippen molar-refractivity contribution >= 4 is 23.6 Å². The monoisotopic (exact) mass is 331 g/mol. The molecule has 128 valence electrons. The Labute approximate surface area is 140 Å². The Morgan fingerprint density at radius 1 is 1.29 bits per heavy atom. The molecule has 0 aliphatic carbocycles. The van der Waals surface area contributed by atoms with Gasteiger partial charge in [0.25, 0.3) is 11.6 Å². The fourth-order valence-electron chi connectivity index (χ4n) is 3.07. The number of nitro groups is 1. The largest absolute Gasteiger partial charge is 0.298 e. The van der Waals surface area contributed by atoms with Crippen LogP contribution in [0.15, 0.2) is 29.4 Å². The number of ketones is 1. The average Bonchev–Trinajstić information content (AvgIpc) is 2.59. The van der Waals surface area contributed by atoms with Crippen LogP contribution >= 0.6 is 0 Å². The first-order valence-electron chi connectivity index (χ1n) is 8.00. The van der Waals surface area contributed by atoms with Gasteiger partial charge in [0.15, 0.2) is 5.78 Å². The predicted octanol–water partition coefficient (Wildman–Crippen LogP) is 2.78. The van der Waals surface area contributed by atoms with Gasteiger partial charge in [-0.15, -0.1) is 0 Å². The van der Waals surface area contributed by atoms with Gasteiger partial charge in [-0.2, -0.15) is 5.10 Å². The maximum Gasteiger partial charge on any atom is 0.269 e. The molecule has 1 aliphatic rings. The number of carbonyl (C=O) groups is 2. The molecule has 0 aromatic heterocycles. The molecule has 0 saturated carbocycles. The van der Waals surface area contributed by atoms with Gasteiger partial charge in [-0.1, -0.05) is 20.8 Å². The van der Waals surface area contributed by atoms with Crippen LogP contribution in [0.1, 0.15) is 39.2 Å². The van der Waals surface area contributed by atoms with Gasteiger partial charge in [-0.3, -0.25) is 19.7 Å². The highest BCUT2D eigenvalue weighted by Gasteiger charge is 2.50. The third-order valence-electron chi connectivity index (χ3n) is 4.67. The molecule has 0 spiro atoms. The van der Waals surface area contributed by atoms with Crippen molar-refractivity contribution in [1.29, 1.82) is 0 Å². The maximum absolute atomic E-state index is 12.7. The number of amides is 1. The molecule has 0 N–H and O–H groups in total. The molecule has 1 aromatic rings. The number of rotatable bonds is 5. The van der Waals surface area contributed by atoms with E-state index < -0.39 is 10.3 Å². The van der Waals surface area contributed by atoms with Crippen molar-refractivity contribution in [3.05, 3.63) is 39.9 Å². The number of non-ortho nitro benzene ring substituents is 1. The summed E-state index contributed by atoms with van der Waals surface area (Å²) in [6, 6.07) is 5.90. The van der Waals surface area contributed by atoms with Gasteiger partial charge in [-0.25, -0.2) is 5.01 Å². The molecule has 7 heteroatoms. The number of hydrogen-bond donors (Lipinski definition) is 0. The molecule has 1 amide bonds. The van der Waals surface area contributed by atoms with Crippen molar-refractivity contribution in [2.75, 3.05) is 6.54 Å². The second-order valence-corrected chi connectivity index (χ2v) is 6.03. The number of Topliss-reactive ketones (excluding diaryl/α,β-unsaturated/α-hetero) is 1. The molecule has 0 bridgehead atoms. The van der Waals surface area contributed by atoms with E-state index in [0.717, 1.165) is 0 Å². The van der Waals surface area contributed by atoms with E-state index in [-0.39, 0.29) is 29.8 Å². The summed E-state index contributed by atoms with van der Waals surface area (Å²) < 4.78 is 0. The Morgan fingerprint density at radius 2 is 1.88 bits per heavy atom. The Balaban J connectivity index is 2.23. The van der Waals surface area contributed by atoms with Crippen molar-refractivity contribution in [3.63, 3.8) is 0 Å². The van der Waals surface area contributed by atoms with E-state index in [1.807, 2.05) is 20.8 Å². The molecule has 1 aromatic carbocycles. The number of nitrogens with zero attached hydrogens (tertiary/aromatic N) is 3. The van der Waals surface area contributed by atoms with Crippen LogP contribution in [-0.4, -0.2) is 34.4 Å². The average molecular weight is 331 g/mol. The van der Waals surface area contributed by atoms with Crippen molar-refractivity contribution in [3.8, 4) is 0 Å². The molecule has 1 unspecified atom stereocenters. The minimum atomic E-state index is -0.996. The molecule has 1 atom stereocenters. The van der Waals surface area contributed by atoms with Gasteiger partial charge in [0.05, 0.1) is 17.7 Å². The fourth-order valence-corrected chi connectivity index (χ4v) is 3.07. The fraction of sp³-hybridized carbons (Fsp3) is 0.471. The lowest BCUT2D eigenvalue weighted by Crippen LogP contribution is -2.55. The highest BCUT2D eigenvalue weighted by atomic mass is 16.6. The van der Waals surface area contributed by atoms with E-state index >= 15 is 0 Å². The number of nitro benzene ring substituents is 1. The van der Waals surface area contributed by atoms with Crippen molar-refractivity contribution in [2.45, 2.75) is 33.6 Å². The van der Waals surface area contributed by atoms with Gasteiger partial charge in [0.1, 0.15) is 5.41 Å². The Morgan fingerprint density at radius 3 is 2.38 bits per heavy atom. The maximum atomic E-state index is 12.7. The van der Waals surface area contributed by atoms with Crippen LogP contribution in [0.4, 0.5) is 5.69 Å². The third kappa shape index (κ3) is 3.06. The second-order valence-electron chi connectivity index (χ2n) is 6.03. The summed E-state index contributed by atoms with van der Waals surface area (Å²) in [5.41, 5.74) is -0.349. The molecule has 24 heavy (non-hydrogen) atoms. The van der Waals surface area contributed by atoms with Crippen LogP contribution in [0.2, 0.25) is 0 Å². The van der Waals surface area contributed by atoms with Crippen LogP contribution in [0.5, 0.6) is 0 Å². The zero-order valence-electron chi connectivity index (χ0n) is 14.1. The molecule has 2 rings (SSSR count). The van der Waals surface area contributed by atoms with E-state index in [1.54, 1.807) is 12.1 Å². The molecule has 7 nitrogen and oxygen atoms in total. The van der Waals surface area contributed by atoms with Gasteiger partial charge in [-0.05, 0) is 30.5 Å². The van der Waals surface area contributed by atoms with Crippen molar-refractivity contribution in [2.24, 2.45) is 16.4 Å². The second kappa shape index (κ2) is 6.90.